The summed E-state index contributed by atoms with van der Waals surface area (Å²) in [7, 11) is 3.11. The van der Waals surface area contributed by atoms with Gasteiger partial charge in [0.2, 0.25) is 11.0 Å². The molecule has 1 heterocycles. The molecule has 0 bridgehead atoms. The van der Waals surface area contributed by atoms with E-state index in [0.717, 1.165) is 0 Å². The molecule has 0 N–H and O–H groups in total. The number of carbonyl (C=O) groups is 1. The summed E-state index contributed by atoms with van der Waals surface area (Å²) in [5.74, 6) is 0.590. The molecule has 5 nitrogen and oxygen atoms in total. The van der Waals surface area contributed by atoms with Crippen molar-refractivity contribution < 1.29 is 14.3 Å². The molecule has 3 rings (SSSR count). The Balaban J connectivity index is 2.07. The molecule has 1 aromatic carbocycles. The maximum absolute atomic E-state index is 12.8. The first-order valence-corrected chi connectivity index (χ1v) is 7.10. The van der Waals surface area contributed by atoms with Gasteiger partial charge in [0, 0.05) is 6.07 Å². The minimum atomic E-state index is -0.413. The van der Waals surface area contributed by atoms with Crippen molar-refractivity contribution in [3.05, 3.63) is 42.5 Å². The topological polar surface area (TPSA) is 51.1 Å². The third-order valence-electron chi connectivity index (χ3n) is 3.53. The number of hydrogen-bond acceptors (Lipinski definition) is 4. The zero-order valence-electron chi connectivity index (χ0n) is 12.1. The van der Waals surface area contributed by atoms with Crippen molar-refractivity contribution in [1.82, 2.24) is 0 Å². The van der Waals surface area contributed by atoms with E-state index in [1.165, 1.54) is 12.0 Å². The van der Waals surface area contributed by atoms with Crippen molar-refractivity contribution in [3.63, 3.8) is 0 Å². The summed E-state index contributed by atoms with van der Waals surface area (Å²) in [5, 5.41) is 0.208. The van der Waals surface area contributed by atoms with Crippen LogP contribution in [0.4, 0.5) is 5.69 Å². The van der Waals surface area contributed by atoms with Gasteiger partial charge in [-0.2, -0.15) is 0 Å². The van der Waals surface area contributed by atoms with E-state index in [9.17, 15) is 4.79 Å². The van der Waals surface area contributed by atoms with Crippen molar-refractivity contribution in [2.75, 3.05) is 19.1 Å². The third kappa shape index (κ3) is 2.31. The number of allylic oxidation sites excluding steroid dienone is 3. The average molecular weight is 314 g/mol. The van der Waals surface area contributed by atoms with Crippen LogP contribution < -0.4 is 14.4 Å². The summed E-state index contributed by atoms with van der Waals surface area (Å²) in [6.45, 7) is 0. The molecular weight excluding hydrogens is 300 g/mol. The Bertz CT molecular complexity index is 737. The fraction of sp³-hybridized carbons (Fsp3) is 0.188. The number of carbonyl (C=O) groups excluding carboxylic acids is 1. The lowest BCUT2D eigenvalue weighted by atomic mass is 9.95. The Hall–Kier alpha value is -2.47. The first-order chi connectivity index (χ1) is 10.7. The smallest absolute Gasteiger partial charge is 0.246 e. The van der Waals surface area contributed by atoms with E-state index in [4.69, 9.17) is 21.7 Å². The summed E-state index contributed by atoms with van der Waals surface area (Å²) < 4.78 is 10.5. The number of methoxy groups -OCH3 is 2. The minimum Gasteiger partial charge on any atom is -0.497 e. The van der Waals surface area contributed by atoms with E-state index in [-0.39, 0.29) is 11.0 Å². The second-order valence-electron chi connectivity index (χ2n) is 4.75. The molecule has 0 saturated heterocycles. The maximum atomic E-state index is 12.8. The predicted molar refractivity (Wildman–Crippen MR) is 88.8 cm³/mol. The number of benzene rings is 1. The van der Waals surface area contributed by atoms with E-state index in [2.05, 4.69) is 4.99 Å². The summed E-state index contributed by atoms with van der Waals surface area (Å²) in [6, 6.07) is 5.20. The fourth-order valence-electron chi connectivity index (χ4n) is 2.43. The molecule has 1 atom stereocenters. The second-order valence-corrected chi connectivity index (χ2v) is 5.12. The highest BCUT2D eigenvalue weighted by atomic mass is 32.1. The van der Waals surface area contributed by atoms with E-state index in [0.29, 0.717) is 22.9 Å². The Morgan fingerprint density at radius 2 is 2.05 bits per heavy atom. The number of aliphatic imine (C=N–C) groups is 1. The van der Waals surface area contributed by atoms with Crippen LogP contribution in [0, 0.1) is 5.92 Å². The number of fused-ring (bicyclic) bond motifs is 1. The molecule has 0 saturated carbocycles. The Morgan fingerprint density at radius 3 is 2.77 bits per heavy atom. The molecule has 0 aromatic heterocycles. The average Bonchev–Trinajstić information content (AvgIpc) is 2.55. The van der Waals surface area contributed by atoms with Gasteiger partial charge in [-0.1, -0.05) is 18.2 Å². The largest absolute Gasteiger partial charge is 0.497 e. The number of rotatable bonds is 3. The van der Waals surface area contributed by atoms with Crippen molar-refractivity contribution in [2.45, 2.75) is 0 Å². The highest BCUT2D eigenvalue weighted by Gasteiger charge is 2.35. The van der Waals surface area contributed by atoms with Gasteiger partial charge < -0.3 is 9.47 Å². The van der Waals surface area contributed by atoms with Gasteiger partial charge in [-0.15, -0.1) is 0 Å². The van der Waals surface area contributed by atoms with Crippen LogP contribution in [0.3, 0.4) is 0 Å². The van der Waals surface area contributed by atoms with Gasteiger partial charge in [-0.05, 0) is 30.4 Å². The summed E-state index contributed by atoms with van der Waals surface area (Å²) in [5.41, 5.74) is 1.23. The molecule has 2 aliphatic rings. The van der Waals surface area contributed by atoms with Gasteiger partial charge in [-0.25, -0.2) is 4.99 Å². The number of nitrogens with zero attached hydrogens (tertiary/aromatic N) is 2. The Morgan fingerprint density at radius 1 is 1.23 bits per heavy atom. The molecule has 0 fully saturated rings. The Kier molecular flexibility index (Phi) is 3.77. The number of ether oxygens (including phenoxy) is 2. The fourth-order valence-corrected chi connectivity index (χ4v) is 2.73. The van der Waals surface area contributed by atoms with E-state index >= 15 is 0 Å². The maximum Gasteiger partial charge on any atom is 0.246 e. The van der Waals surface area contributed by atoms with Crippen LogP contribution in [0.5, 0.6) is 11.5 Å². The van der Waals surface area contributed by atoms with Gasteiger partial charge in [0.05, 0.1) is 31.5 Å². The molecule has 1 aliphatic heterocycles. The predicted octanol–water partition coefficient (Wildman–Crippen LogP) is 2.52. The lowest BCUT2D eigenvalue weighted by Gasteiger charge is -2.31. The molecule has 1 aromatic rings. The summed E-state index contributed by atoms with van der Waals surface area (Å²) >= 11 is 5.30. The van der Waals surface area contributed by atoms with Crippen molar-refractivity contribution >= 4 is 34.6 Å². The highest BCUT2D eigenvalue weighted by Crippen LogP contribution is 2.35. The van der Waals surface area contributed by atoms with Crippen LogP contribution in [0.25, 0.3) is 0 Å². The van der Waals surface area contributed by atoms with Crippen molar-refractivity contribution in [3.8, 4) is 11.5 Å². The van der Waals surface area contributed by atoms with Crippen LogP contribution in [0.1, 0.15) is 0 Å². The molecule has 0 radical (unpaired) electrons. The van der Waals surface area contributed by atoms with Gasteiger partial charge in [0.15, 0.2) is 0 Å². The van der Waals surface area contributed by atoms with Crippen molar-refractivity contribution in [2.24, 2.45) is 10.9 Å². The summed E-state index contributed by atoms with van der Waals surface area (Å²) in [6.07, 6.45) is 7.29. The molecular formula is C16H14N2O3S. The highest BCUT2D eigenvalue weighted by molar-refractivity contribution is 7.80. The number of thiocarbonyl (C=S) groups is 1. The van der Waals surface area contributed by atoms with Crippen molar-refractivity contribution in [1.29, 1.82) is 0 Å². The zero-order valence-corrected chi connectivity index (χ0v) is 13.0. The SMILES string of the molecule is COc1ccc(N2C(=O)C3C=CC=CC3=NC2=S)c(OC)c1. The quantitative estimate of drug-likeness (QED) is 0.805. The van der Waals surface area contributed by atoms with E-state index in [1.54, 1.807) is 31.4 Å². The number of amides is 1. The van der Waals surface area contributed by atoms with Gasteiger partial charge in [0.1, 0.15) is 11.5 Å². The van der Waals surface area contributed by atoms with E-state index < -0.39 is 5.92 Å². The molecule has 22 heavy (non-hydrogen) atoms. The van der Waals surface area contributed by atoms with E-state index in [1.807, 2.05) is 18.2 Å². The normalized spacial score (nSPS) is 19.8. The zero-order chi connectivity index (χ0) is 15.7. The van der Waals surface area contributed by atoms with Gasteiger partial charge in [-0.3, -0.25) is 9.69 Å². The standard InChI is InChI=1S/C16H14N2O3S/c1-20-10-7-8-13(14(9-10)21-2)18-15(19)11-5-3-4-6-12(11)17-16(18)22/h3-9,11H,1-2H3. The van der Waals surface area contributed by atoms with Gasteiger partial charge >= 0.3 is 0 Å². The molecule has 1 amide bonds. The summed E-state index contributed by atoms with van der Waals surface area (Å²) in [4.78, 5) is 18.5. The van der Waals surface area contributed by atoms with Crippen LogP contribution in [0.15, 0.2) is 47.5 Å². The Labute approximate surface area is 133 Å². The van der Waals surface area contributed by atoms with Crippen LogP contribution in [0.2, 0.25) is 0 Å². The van der Waals surface area contributed by atoms with Gasteiger partial charge in [0.25, 0.3) is 0 Å². The lowest BCUT2D eigenvalue weighted by molar-refractivity contribution is -0.118. The molecule has 0 spiro atoms. The first kappa shape index (κ1) is 14.5. The van der Waals surface area contributed by atoms with Crippen LogP contribution >= 0.6 is 12.2 Å². The molecule has 1 aliphatic carbocycles. The number of anilines is 1. The lowest BCUT2D eigenvalue weighted by Crippen LogP contribution is -2.46. The molecule has 6 heteroatoms. The first-order valence-electron chi connectivity index (χ1n) is 6.69. The number of hydrogen-bond donors (Lipinski definition) is 0. The third-order valence-corrected chi connectivity index (χ3v) is 3.80. The van der Waals surface area contributed by atoms with Crippen LogP contribution in [-0.4, -0.2) is 31.0 Å². The second kappa shape index (κ2) is 5.73. The molecule has 1 unspecified atom stereocenters. The monoisotopic (exact) mass is 314 g/mol. The molecule has 112 valence electrons. The minimum absolute atomic E-state index is 0.140. The van der Waals surface area contributed by atoms with Crippen LogP contribution in [-0.2, 0) is 4.79 Å².